The van der Waals surface area contributed by atoms with Crippen molar-refractivity contribution in [3.05, 3.63) is 58.0 Å². The number of carbonyl (C=O) groups is 1. The summed E-state index contributed by atoms with van der Waals surface area (Å²) >= 11 is 11.9. The molecule has 0 aliphatic rings. The number of halogens is 2. The monoisotopic (exact) mass is 351 g/mol. The molecule has 3 aromatic rings. The van der Waals surface area contributed by atoms with E-state index in [0.29, 0.717) is 21.6 Å². The Balaban J connectivity index is 1.97. The predicted octanol–water partition coefficient (Wildman–Crippen LogP) is 3.87. The Bertz CT molecular complexity index is 895. The molecule has 2 aromatic heterocycles. The summed E-state index contributed by atoms with van der Waals surface area (Å²) in [4.78, 5) is 11.2. The molecule has 0 aliphatic carbocycles. The smallest absolute Gasteiger partial charge is 0.339 e. The molecule has 0 amide bonds. The summed E-state index contributed by atoms with van der Waals surface area (Å²) in [5.41, 5.74) is 0.329. The largest absolute Gasteiger partial charge is 0.481 e. The molecule has 1 N–H and O–H groups in total. The van der Waals surface area contributed by atoms with E-state index in [9.17, 15) is 9.90 Å². The number of carboxylic acids is 1. The van der Waals surface area contributed by atoms with E-state index in [4.69, 9.17) is 27.9 Å². The SMILES string of the molecule is CC(Oc1ccc(Cl)cc1Cl)c1nnc2c(C(=O)O)cccn12. The summed E-state index contributed by atoms with van der Waals surface area (Å²) in [6, 6.07) is 7.99. The summed E-state index contributed by atoms with van der Waals surface area (Å²) in [6.45, 7) is 1.77. The van der Waals surface area contributed by atoms with Crippen molar-refractivity contribution in [1.82, 2.24) is 14.6 Å². The molecule has 8 heteroatoms. The number of hydrogen-bond donors (Lipinski definition) is 1. The number of hydrogen-bond acceptors (Lipinski definition) is 4. The number of aromatic nitrogens is 3. The molecule has 0 saturated carbocycles. The van der Waals surface area contributed by atoms with E-state index in [1.807, 2.05) is 0 Å². The standard InChI is InChI=1S/C15H11Cl2N3O3/c1-8(23-12-5-4-9(16)7-11(12)17)13-18-19-14-10(15(21)22)3-2-6-20(13)14/h2-8H,1H3,(H,21,22). The van der Waals surface area contributed by atoms with E-state index in [0.717, 1.165) is 0 Å². The third-order valence-electron chi connectivity index (χ3n) is 3.25. The third-order valence-corrected chi connectivity index (χ3v) is 3.78. The van der Waals surface area contributed by atoms with Gasteiger partial charge in [-0.3, -0.25) is 4.40 Å². The van der Waals surface area contributed by atoms with Crippen molar-refractivity contribution >= 4 is 34.8 Å². The lowest BCUT2D eigenvalue weighted by atomic mass is 10.2. The molecule has 1 unspecified atom stereocenters. The zero-order valence-corrected chi connectivity index (χ0v) is 13.4. The van der Waals surface area contributed by atoms with Crippen LogP contribution in [0.25, 0.3) is 5.65 Å². The van der Waals surface area contributed by atoms with Crippen molar-refractivity contribution in [2.75, 3.05) is 0 Å². The topological polar surface area (TPSA) is 76.7 Å². The number of fused-ring (bicyclic) bond motifs is 1. The van der Waals surface area contributed by atoms with Crippen LogP contribution in [0.5, 0.6) is 5.75 Å². The maximum atomic E-state index is 11.2. The van der Waals surface area contributed by atoms with Crippen LogP contribution in [0.1, 0.15) is 29.2 Å². The van der Waals surface area contributed by atoms with Crippen LogP contribution in [-0.2, 0) is 0 Å². The summed E-state index contributed by atoms with van der Waals surface area (Å²) in [7, 11) is 0. The van der Waals surface area contributed by atoms with Crippen molar-refractivity contribution in [2.45, 2.75) is 13.0 Å². The van der Waals surface area contributed by atoms with Gasteiger partial charge in [0.15, 0.2) is 17.6 Å². The van der Waals surface area contributed by atoms with Gasteiger partial charge in [-0.25, -0.2) is 4.79 Å². The van der Waals surface area contributed by atoms with Gasteiger partial charge in [0.25, 0.3) is 0 Å². The van der Waals surface area contributed by atoms with Gasteiger partial charge in [0, 0.05) is 11.2 Å². The molecule has 2 heterocycles. The summed E-state index contributed by atoms with van der Waals surface area (Å²) in [5, 5.41) is 18.0. The normalized spacial score (nSPS) is 12.3. The fourth-order valence-corrected chi connectivity index (χ4v) is 2.64. The number of aromatic carboxylic acids is 1. The zero-order valence-electron chi connectivity index (χ0n) is 11.9. The van der Waals surface area contributed by atoms with Crippen molar-refractivity contribution in [3.63, 3.8) is 0 Å². The first kappa shape index (κ1) is 15.6. The molecule has 0 bridgehead atoms. The number of ether oxygens (including phenoxy) is 1. The average molecular weight is 352 g/mol. The van der Waals surface area contributed by atoms with Gasteiger partial charge in [-0.05, 0) is 37.3 Å². The second-order valence-corrected chi connectivity index (χ2v) is 5.66. The van der Waals surface area contributed by atoms with Crippen LogP contribution in [-0.4, -0.2) is 25.7 Å². The van der Waals surface area contributed by atoms with E-state index in [1.165, 1.54) is 6.07 Å². The highest BCUT2D eigenvalue weighted by molar-refractivity contribution is 6.35. The highest BCUT2D eigenvalue weighted by Crippen LogP contribution is 2.31. The minimum atomic E-state index is -1.07. The molecule has 1 atom stereocenters. The van der Waals surface area contributed by atoms with Gasteiger partial charge in [0.05, 0.1) is 5.02 Å². The molecule has 6 nitrogen and oxygen atoms in total. The van der Waals surface area contributed by atoms with Crippen LogP contribution < -0.4 is 4.74 Å². The molecule has 0 radical (unpaired) electrons. The zero-order chi connectivity index (χ0) is 16.6. The molecule has 1 aromatic carbocycles. The lowest BCUT2D eigenvalue weighted by molar-refractivity contribution is 0.0698. The fourth-order valence-electron chi connectivity index (χ4n) is 2.19. The lowest BCUT2D eigenvalue weighted by Crippen LogP contribution is -2.09. The first-order chi connectivity index (χ1) is 11.0. The number of nitrogens with zero attached hydrogens (tertiary/aromatic N) is 3. The van der Waals surface area contributed by atoms with E-state index in [2.05, 4.69) is 10.2 Å². The summed E-state index contributed by atoms with van der Waals surface area (Å²) in [6.07, 6.45) is 1.19. The molecule has 23 heavy (non-hydrogen) atoms. The second-order valence-electron chi connectivity index (χ2n) is 4.81. The molecule has 0 fully saturated rings. The Kier molecular flexibility index (Phi) is 4.11. The van der Waals surface area contributed by atoms with Crippen LogP contribution in [0.2, 0.25) is 10.0 Å². The Hall–Kier alpha value is -2.31. The lowest BCUT2D eigenvalue weighted by Gasteiger charge is -2.14. The highest BCUT2D eigenvalue weighted by atomic mass is 35.5. The second kappa shape index (κ2) is 6.06. The first-order valence-electron chi connectivity index (χ1n) is 6.66. The van der Waals surface area contributed by atoms with E-state index < -0.39 is 12.1 Å². The summed E-state index contributed by atoms with van der Waals surface area (Å²) in [5.74, 6) is -0.146. The van der Waals surface area contributed by atoms with Gasteiger partial charge < -0.3 is 9.84 Å². The van der Waals surface area contributed by atoms with Crippen molar-refractivity contribution < 1.29 is 14.6 Å². The molecule has 0 aliphatic heterocycles. The van der Waals surface area contributed by atoms with E-state index >= 15 is 0 Å². The van der Waals surface area contributed by atoms with Gasteiger partial charge in [0.2, 0.25) is 0 Å². The highest BCUT2D eigenvalue weighted by Gasteiger charge is 2.19. The maximum absolute atomic E-state index is 11.2. The van der Waals surface area contributed by atoms with Gasteiger partial charge in [-0.15, -0.1) is 10.2 Å². The Morgan fingerprint density at radius 2 is 2.09 bits per heavy atom. The molecular formula is C15H11Cl2N3O3. The fraction of sp³-hybridized carbons (Fsp3) is 0.133. The number of rotatable bonds is 4. The Morgan fingerprint density at radius 3 is 2.78 bits per heavy atom. The molecule has 3 rings (SSSR count). The van der Waals surface area contributed by atoms with Gasteiger partial charge in [-0.1, -0.05) is 23.2 Å². The molecule has 118 valence electrons. The van der Waals surface area contributed by atoms with Crippen LogP contribution in [0.3, 0.4) is 0 Å². The molecule has 0 spiro atoms. The van der Waals surface area contributed by atoms with Crippen LogP contribution in [0, 0.1) is 0 Å². The Labute approximate surface area is 141 Å². The minimum Gasteiger partial charge on any atom is -0.481 e. The first-order valence-corrected chi connectivity index (χ1v) is 7.41. The predicted molar refractivity (Wildman–Crippen MR) is 85.5 cm³/mol. The van der Waals surface area contributed by atoms with Gasteiger partial charge in [0.1, 0.15) is 11.3 Å². The van der Waals surface area contributed by atoms with E-state index in [-0.39, 0.29) is 11.2 Å². The van der Waals surface area contributed by atoms with Crippen molar-refractivity contribution in [1.29, 1.82) is 0 Å². The number of pyridine rings is 1. The average Bonchev–Trinajstić information content (AvgIpc) is 2.93. The third kappa shape index (κ3) is 2.95. The number of benzene rings is 1. The molecule has 0 saturated heterocycles. The summed E-state index contributed by atoms with van der Waals surface area (Å²) < 4.78 is 7.37. The van der Waals surface area contributed by atoms with Crippen molar-refractivity contribution in [3.8, 4) is 5.75 Å². The van der Waals surface area contributed by atoms with Gasteiger partial charge >= 0.3 is 5.97 Å². The van der Waals surface area contributed by atoms with Gasteiger partial charge in [-0.2, -0.15) is 0 Å². The van der Waals surface area contributed by atoms with E-state index in [1.54, 1.807) is 41.8 Å². The number of carboxylic acid groups (broad SMARTS) is 1. The van der Waals surface area contributed by atoms with Crippen LogP contribution in [0.4, 0.5) is 0 Å². The van der Waals surface area contributed by atoms with Crippen LogP contribution >= 0.6 is 23.2 Å². The Morgan fingerprint density at radius 1 is 1.30 bits per heavy atom. The molecular weight excluding hydrogens is 341 g/mol. The quantitative estimate of drug-likeness (QED) is 0.771. The van der Waals surface area contributed by atoms with Crippen LogP contribution in [0.15, 0.2) is 36.5 Å². The maximum Gasteiger partial charge on any atom is 0.339 e. The van der Waals surface area contributed by atoms with Crippen molar-refractivity contribution in [2.24, 2.45) is 0 Å². The minimum absolute atomic E-state index is 0.0722.